The quantitative estimate of drug-likeness (QED) is 0.485. The topological polar surface area (TPSA) is 82.6 Å². The zero-order chi connectivity index (χ0) is 24.6. The summed E-state index contributed by atoms with van der Waals surface area (Å²) in [6, 6.07) is 17.6. The molecule has 1 fully saturated rings. The van der Waals surface area contributed by atoms with Crippen molar-refractivity contribution in [2.24, 2.45) is 0 Å². The Balaban J connectivity index is 0.000000406. The van der Waals surface area contributed by atoms with Gasteiger partial charge < -0.3 is 19.7 Å². The number of aromatic nitrogens is 1. The van der Waals surface area contributed by atoms with Gasteiger partial charge in [0.05, 0.1) is 17.7 Å². The van der Waals surface area contributed by atoms with Crippen molar-refractivity contribution in [1.29, 1.82) is 0 Å². The van der Waals surface area contributed by atoms with Crippen LogP contribution in [0.1, 0.15) is 25.7 Å². The third kappa shape index (κ3) is 6.84. The van der Waals surface area contributed by atoms with Gasteiger partial charge in [-0.15, -0.1) is 0 Å². The molecule has 4 rings (SSSR count). The summed E-state index contributed by atoms with van der Waals surface area (Å²) in [5.74, 6) is -1.98. The first-order chi connectivity index (χ1) is 16.3. The number of benzene rings is 2. The molecule has 0 unspecified atom stereocenters. The maximum absolute atomic E-state index is 12.5. The molecular formula is C25H27F3N2O4. The third-order valence-electron chi connectivity index (χ3n) is 5.50. The van der Waals surface area contributed by atoms with Gasteiger partial charge in [-0.3, -0.25) is 4.79 Å². The molecule has 1 saturated heterocycles. The highest BCUT2D eigenvalue weighted by atomic mass is 19.4. The number of fused-ring (bicyclic) bond motifs is 1. The van der Waals surface area contributed by atoms with Gasteiger partial charge in [0.15, 0.2) is 5.75 Å². The van der Waals surface area contributed by atoms with Crippen molar-refractivity contribution in [3.63, 3.8) is 0 Å². The molecule has 0 aliphatic carbocycles. The summed E-state index contributed by atoms with van der Waals surface area (Å²) < 4.78 is 38.0. The van der Waals surface area contributed by atoms with Crippen molar-refractivity contribution in [3.8, 4) is 17.0 Å². The van der Waals surface area contributed by atoms with Crippen molar-refractivity contribution in [2.75, 3.05) is 26.2 Å². The van der Waals surface area contributed by atoms with E-state index >= 15 is 0 Å². The molecule has 0 saturated carbocycles. The minimum absolute atomic E-state index is 0.0786. The van der Waals surface area contributed by atoms with Gasteiger partial charge in [0.2, 0.25) is 0 Å². The number of aromatic amines is 1. The number of hydrogen-bond donors (Lipinski definition) is 2. The fourth-order valence-corrected chi connectivity index (χ4v) is 3.85. The van der Waals surface area contributed by atoms with E-state index in [9.17, 15) is 18.0 Å². The number of ether oxygens (including phenoxy) is 1. The van der Waals surface area contributed by atoms with Crippen LogP contribution in [0.5, 0.6) is 5.75 Å². The minimum atomic E-state index is -5.08. The molecular weight excluding hydrogens is 449 g/mol. The second kappa shape index (κ2) is 11.7. The molecule has 2 heterocycles. The lowest BCUT2D eigenvalue weighted by molar-refractivity contribution is -0.192. The predicted octanol–water partition coefficient (Wildman–Crippen LogP) is 5.08. The number of carbonyl (C=O) groups is 1. The molecule has 6 nitrogen and oxygen atoms in total. The zero-order valence-corrected chi connectivity index (χ0v) is 18.6. The smallest absolute Gasteiger partial charge is 0.490 e. The number of pyridine rings is 1. The van der Waals surface area contributed by atoms with Crippen LogP contribution < -0.4 is 10.3 Å². The number of halogens is 3. The molecule has 0 atom stereocenters. The van der Waals surface area contributed by atoms with Gasteiger partial charge in [-0.1, -0.05) is 55.0 Å². The van der Waals surface area contributed by atoms with E-state index in [0.717, 1.165) is 35.4 Å². The van der Waals surface area contributed by atoms with E-state index in [2.05, 4.69) is 9.88 Å². The van der Waals surface area contributed by atoms with E-state index in [0.29, 0.717) is 12.0 Å². The van der Waals surface area contributed by atoms with Gasteiger partial charge in [0.1, 0.15) is 0 Å². The van der Waals surface area contributed by atoms with Crippen molar-refractivity contribution in [1.82, 2.24) is 9.88 Å². The van der Waals surface area contributed by atoms with Crippen LogP contribution >= 0.6 is 0 Å². The molecule has 0 spiro atoms. The van der Waals surface area contributed by atoms with E-state index < -0.39 is 12.1 Å². The molecule has 0 amide bonds. The predicted molar refractivity (Wildman–Crippen MR) is 124 cm³/mol. The van der Waals surface area contributed by atoms with Crippen LogP contribution in [0.25, 0.3) is 22.0 Å². The normalized spacial score (nSPS) is 14.3. The first-order valence-electron chi connectivity index (χ1n) is 11.1. The summed E-state index contributed by atoms with van der Waals surface area (Å²) >= 11 is 0. The summed E-state index contributed by atoms with van der Waals surface area (Å²) in [5, 5.41) is 8.67. The number of nitrogens with one attached hydrogen (secondary N) is 1. The molecule has 34 heavy (non-hydrogen) atoms. The standard InChI is InChI=1S/C23H26N2O2.C2HF3O2/c26-23-20-13-6-5-12-19(20)22(21(24-23)18-10-3-1-4-11-18)27-17-9-16-25-14-7-2-8-15-25;3-2(4,5)1(6)7/h1,3-6,10-13H,2,7-9,14-17H2,(H,24,26);(H,6,7). The summed E-state index contributed by atoms with van der Waals surface area (Å²) in [4.78, 5) is 27.0. The molecule has 3 aromatic rings. The Labute approximate surface area is 195 Å². The number of piperidine rings is 1. The number of H-pyrrole nitrogens is 1. The molecule has 1 aliphatic rings. The first kappa shape index (κ1) is 25.3. The maximum atomic E-state index is 12.5. The number of alkyl halides is 3. The number of aliphatic carboxylic acids is 1. The van der Waals surface area contributed by atoms with Crippen LogP contribution in [-0.4, -0.2) is 53.4 Å². The number of rotatable bonds is 6. The largest absolute Gasteiger partial charge is 0.491 e. The van der Waals surface area contributed by atoms with E-state index in [-0.39, 0.29) is 5.56 Å². The SMILES string of the molecule is O=C(O)C(F)(F)F.O=c1[nH]c(-c2ccccc2)c(OCCCN2CCCCC2)c2ccccc12. The molecule has 1 aliphatic heterocycles. The van der Waals surface area contributed by atoms with Crippen LogP contribution in [0.15, 0.2) is 59.4 Å². The summed E-state index contributed by atoms with van der Waals surface area (Å²) in [6.45, 7) is 4.13. The average Bonchev–Trinajstić information content (AvgIpc) is 2.84. The highest BCUT2D eigenvalue weighted by Crippen LogP contribution is 2.33. The van der Waals surface area contributed by atoms with E-state index in [4.69, 9.17) is 14.6 Å². The molecule has 2 N–H and O–H groups in total. The Morgan fingerprint density at radius 1 is 0.971 bits per heavy atom. The van der Waals surface area contributed by atoms with Gasteiger partial charge in [0.25, 0.3) is 5.56 Å². The van der Waals surface area contributed by atoms with Crippen molar-refractivity contribution >= 4 is 16.7 Å². The van der Waals surface area contributed by atoms with E-state index in [1.807, 2.05) is 54.6 Å². The van der Waals surface area contributed by atoms with Crippen molar-refractivity contribution in [3.05, 3.63) is 65.0 Å². The van der Waals surface area contributed by atoms with E-state index in [1.165, 1.54) is 32.4 Å². The Hall–Kier alpha value is -3.33. The Morgan fingerprint density at radius 3 is 2.18 bits per heavy atom. The first-order valence-corrected chi connectivity index (χ1v) is 11.1. The van der Waals surface area contributed by atoms with E-state index in [1.54, 1.807) is 0 Å². The molecule has 182 valence electrons. The van der Waals surface area contributed by atoms with Gasteiger partial charge >= 0.3 is 12.1 Å². The summed E-state index contributed by atoms with van der Waals surface area (Å²) in [6.07, 6.45) is -0.119. The molecule has 2 aromatic carbocycles. The van der Waals surface area contributed by atoms with Crippen LogP contribution in [-0.2, 0) is 4.79 Å². The van der Waals surface area contributed by atoms with Gasteiger partial charge in [0, 0.05) is 17.5 Å². The van der Waals surface area contributed by atoms with Gasteiger partial charge in [-0.05, 0) is 38.4 Å². The highest BCUT2D eigenvalue weighted by Gasteiger charge is 2.38. The van der Waals surface area contributed by atoms with Gasteiger partial charge in [-0.2, -0.15) is 13.2 Å². The summed E-state index contributed by atoms with van der Waals surface area (Å²) in [7, 11) is 0. The van der Waals surface area contributed by atoms with Crippen LogP contribution in [0.4, 0.5) is 13.2 Å². The number of likely N-dealkylation sites (tertiary alicyclic amines) is 1. The zero-order valence-electron chi connectivity index (χ0n) is 18.6. The maximum Gasteiger partial charge on any atom is 0.490 e. The number of carboxylic acids is 1. The number of nitrogens with zero attached hydrogens (tertiary/aromatic N) is 1. The molecule has 0 bridgehead atoms. The Bertz CT molecular complexity index is 1140. The Morgan fingerprint density at radius 2 is 1.56 bits per heavy atom. The fourth-order valence-electron chi connectivity index (χ4n) is 3.85. The highest BCUT2D eigenvalue weighted by molar-refractivity contribution is 5.92. The van der Waals surface area contributed by atoms with Crippen molar-refractivity contribution in [2.45, 2.75) is 31.9 Å². The fraction of sp³-hybridized carbons (Fsp3) is 0.360. The lowest BCUT2D eigenvalue weighted by Crippen LogP contribution is -2.31. The third-order valence-corrected chi connectivity index (χ3v) is 5.50. The lowest BCUT2D eigenvalue weighted by Gasteiger charge is -2.26. The second-order valence-electron chi connectivity index (χ2n) is 7.98. The molecule has 1 aromatic heterocycles. The van der Waals surface area contributed by atoms with Crippen LogP contribution in [0.3, 0.4) is 0 Å². The second-order valence-corrected chi connectivity index (χ2v) is 7.98. The van der Waals surface area contributed by atoms with Gasteiger partial charge in [-0.25, -0.2) is 4.79 Å². The molecule has 0 radical (unpaired) electrons. The molecule has 9 heteroatoms. The summed E-state index contributed by atoms with van der Waals surface area (Å²) in [5.41, 5.74) is 1.65. The number of carboxylic acid groups (broad SMARTS) is 1. The minimum Gasteiger partial charge on any atom is -0.491 e. The van der Waals surface area contributed by atoms with Crippen molar-refractivity contribution < 1.29 is 27.8 Å². The monoisotopic (exact) mass is 476 g/mol. The van der Waals surface area contributed by atoms with Crippen LogP contribution in [0, 0.1) is 0 Å². The number of hydrogen-bond acceptors (Lipinski definition) is 4. The van der Waals surface area contributed by atoms with Crippen LogP contribution in [0.2, 0.25) is 0 Å². The lowest BCUT2D eigenvalue weighted by atomic mass is 10.1. The Kier molecular flexibility index (Phi) is 8.70. The average molecular weight is 476 g/mol.